The van der Waals surface area contributed by atoms with Crippen LogP contribution in [0.3, 0.4) is 0 Å². The number of allylic oxidation sites excluding steroid dienone is 2. The molecule has 0 aliphatic rings. The molecule has 2 unspecified atom stereocenters. The Hall–Kier alpha value is -1.40. The first-order chi connectivity index (χ1) is 24.5. The van der Waals surface area contributed by atoms with Crippen LogP contribution in [0.25, 0.3) is 0 Å². The van der Waals surface area contributed by atoms with Crippen molar-refractivity contribution in [1.82, 2.24) is 5.32 Å². The van der Waals surface area contributed by atoms with Gasteiger partial charge in [0.1, 0.15) is 0 Å². The van der Waals surface area contributed by atoms with Crippen molar-refractivity contribution in [2.75, 3.05) is 13.2 Å². The third kappa shape index (κ3) is 36.4. The van der Waals surface area contributed by atoms with E-state index in [1.165, 1.54) is 122 Å². The average Bonchev–Trinajstić information content (AvgIpc) is 3.11. The number of amides is 1. The van der Waals surface area contributed by atoms with E-state index in [0.717, 1.165) is 77.0 Å². The zero-order chi connectivity index (χ0) is 36.6. The molecule has 6 nitrogen and oxygen atoms in total. The van der Waals surface area contributed by atoms with Crippen molar-refractivity contribution in [1.29, 1.82) is 0 Å². The molecule has 6 heteroatoms. The summed E-state index contributed by atoms with van der Waals surface area (Å²) in [6.07, 6.45) is 43.1. The Balaban J connectivity index is 3.50. The second kappa shape index (κ2) is 40.4. The zero-order valence-electron chi connectivity index (χ0n) is 33.4. The van der Waals surface area contributed by atoms with E-state index in [2.05, 4.69) is 31.3 Å². The molecule has 0 radical (unpaired) electrons. The van der Waals surface area contributed by atoms with Crippen molar-refractivity contribution in [3.05, 3.63) is 12.2 Å². The van der Waals surface area contributed by atoms with Crippen molar-refractivity contribution in [3.8, 4) is 0 Å². The fourth-order valence-electron chi connectivity index (χ4n) is 6.63. The maximum Gasteiger partial charge on any atom is 0.305 e. The lowest BCUT2D eigenvalue weighted by Crippen LogP contribution is -2.45. The Kier molecular flexibility index (Phi) is 39.2. The number of unbranched alkanes of at least 4 members (excludes halogenated alkanes) is 27. The second-order valence-corrected chi connectivity index (χ2v) is 15.0. The van der Waals surface area contributed by atoms with Crippen LogP contribution in [0.1, 0.15) is 232 Å². The van der Waals surface area contributed by atoms with Crippen molar-refractivity contribution in [3.63, 3.8) is 0 Å². The van der Waals surface area contributed by atoms with E-state index in [-0.39, 0.29) is 18.5 Å². The van der Waals surface area contributed by atoms with E-state index in [4.69, 9.17) is 4.74 Å². The molecule has 0 aromatic heterocycles. The van der Waals surface area contributed by atoms with Gasteiger partial charge in [-0.05, 0) is 57.8 Å². The lowest BCUT2D eigenvalue weighted by atomic mass is 10.0. The topological polar surface area (TPSA) is 95.9 Å². The summed E-state index contributed by atoms with van der Waals surface area (Å²) in [7, 11) is 0. The van der Waals surface area contributed by atoms with E-state index in [0.29, 0.717) is 25.9 Å². The first-order valence-corrected chi connectivity index (χ1v) is 21.9. The van der Waals surface area contributed by atoms with Gasteiger partial charge in [-0.3, -0.25) is 9.59 Å². The molecule has 0 aromatic rings. The van der Waals surface area contributed by atoms with Crippen LogP contribution in [0.2, 0.25) is 0 Å². The predicted octanol–water partition coefficient (Wildman–Crippen LogP) is 12.2. The van der Waals surface area contributed by atoms with Crippen LogP contribution in [0.15, 0.2) is 12.2 Å². The molecule has 0 saturated heterocycles. The smallest absolute Gasteiger partial charge is 0.305 e. The SMILES string of the molecule is CCCCCCCCCCCCCCC(=O)OCCCCC/C=C\CCCCCCCC(=O)NC(CO)C(O)CCCCCCCCCCC. The normalized spacial score (nSPS) is 12.8. The standard InChI is InChI=1S/C44H85NO5/c1-3-5-7-9-11-13-14-18-22-26-30-34-38-44(49)50-39-35-31-27-23-19-16-15-17-21-25-29-33-37-43(48)45-41(40-46)42(47)36-32-28-24-20-12-10-8-6-4-2/h16,19,41-42,46-47H,3-15,17-18,20-40H2,1-2H3,(H,45,48)/b19-16-. The van der Waals surface area contributed by atoms with Crippen molar-refractivity contribution < 1.29 is 24.5 Å². The molecule has 0 aliphatic carbocycles. The van der Waals surface area contributed by atoms with Gasteiger partial charge in [0.2, 0.25) is 5.91 Å². The summed E-state index contributed by atoms with van der Waals surface area (Å²) in [4.78, 5) is 24.3. The van der Waals surface area contributed by atoms with Crippen LogP contribution < -0.4 is 5.32 Å². The van der Waals surface area contributed by atoms with E-state index in [1.54, 1.807) is 0 Å². The van der Waals surface area contributed by atoms with Gasteiger partial charge < -0.3 is 20.3 Å². The third-order valence-electron chi connectivity index (χ3n) is 10.1. The quantitative estimate of drug-likeness (QED) is 0.0335. The molecule has 0 rings (SSSR count). The summed E-state index contributed by atoms with van der Waals surface area (Å²) >= 11 is 0. The predicted molar refractivity (Wildman–Crippen MR) is 213 cm³/mol. The van der Waals surface area contributed by atoms with Gasteiger partial charge in [-0.25, -0.2) is 0 Å². The molecule has 0 heterocycles. The number of nitrogens with one attached hydrogen (secondary N) is 1. The number of aliphatic hydroxyl groups is 2. The highest BCUT2D eigenvalue weighted by Gasteiger charge is 2.20. The van der Waals surface area contributed by atoms with Crippen LogP contribution in [0, 0.1) is 0 Å². The maximum atomic E-state index is 12.3. The summed E-state index contributed by atoms with van der Waals surface area (Å²) < 4.78 is 5.42. The van der Waals surface area contributed by atoms with Crippen molar-refractivity contribution in [2.24, 2.45) is 0 Å². The van der Waals surface area contributed by atoms with Gasteiger partial charge >= 0.3 is 5.97 Å². The van der Waals surface area contributed by atoms with Gasteiger partial charge in [0, 0.05) is 12.8 Å². The van der Waals surface area contributed by atoms with E-state index < -0.39 is 12.1 Å². The van der Waals surface area contributed by atoms with E-state index >= 15 is 0 Å². The minimum absolute atomic E-state index is 0.0229. The summed E-state index contributed by atoms with van der Waals surface area (Å²) in [6, 6.07) is -0.556. The maximum absolute atomic E-state index is 12.3. The number of aliphatic hydroxyl groups excluding tert-OH is 2. The first kappa shape index (κ1) is 48.6. The van der Waals surface area contributed by atoms with Gasteiger partial charge in [-0.15, -0.1) is 0 Å². The highest BCUT2D eigenvalue weighted by molar-refractivity contribution is 5.76. The molecule has 3 N–H and O–H groups in total. The molecular weight excluding hydrogens is 622 g/mol. The zero-order valence-corrected chi connectivity index (χ0v) is 33.4. The third-order valence-corrected chi connectivity index (χ3v) is 10.1. The van der Waals surface area contributed by atoms with Crippen LogP contribution >= 0.6 is 0 Å². The summed E-state index contributed by atoms with van der Waals surface area (Å²) in [5, 5.41) is 23.0. The van der Waals surface area contributed by atoms with Crippen molar-refractivity contribution >= 4 is 11.9 Å². The number of carbonyl (C=O) groups is 2. The first-order valence-electron chi connectivity index (χ1n) is 21.9. The molecule has 0 spiro atoms. The number of hydrogen-bond donors (Lipinski definition) is 3. The number of carbonyl (C=O) groups excluding carboxylic acids is 2. The number of hydrogen-bond acceptors (Lipinski definition) is 5. The average molecular weight is 708 g/mol. The fourth-order valence-corrected chi connectivity index (χ4v) is 6.63. The molecule has 0 aliphatic heterocycles. The van der Waals surface area contributed by atoms with Gasteiger partial charge in [0.05, 0.1) is 25.4 Å². The molecule has 296 valence electrons. The Morgan fingerprint density at radius 1 is 0.540 bits per heavy atom. The highest BCUT2D eigenvalue weighted by atomic mass is 16.5. The summed E-state index contributed by atoms with van der Waals surface area (Å²) in [6.45, 7) is 4.86. The van der Waals surface area contributed by atoms with Crippen molar-refractivity contribution in [2.45, 2.75) is 244 Å². The lowest BCUT2D eigenvalue weighted by Gasteiger charge is -2.22. The van der Waals surface area contributed by atoms with Gasteiger partial charge in [0.15, 0.2) is 0 Å². The largest absolute Gasteiger partial charge is 0.466 e. The van der Waals surface area contributed by atoms with Gasteiger partial charge in [-0.1, -0.05) is 174 Å². The van der Waals surface area contributed by atoms with Gasteiger partial charge in [-0.2, -0.15) is 0 Å². The molecular formula is C44H85NO5. The monoisotopic (exact) mass is 708 g/mol. The van der Waals surface area contributed by atoms with Gasteiger partial charge in [0.25, 0.3) is 0 Å². The molecule has 50 heavy (non-hydrogen) atoms. The van der Waals surface area contributed by atoms with Crippen LogP contribution in [-0.2, 0) is 14.3 Å². The highest BCUT2D eigenvalue weighted by Crippen LogP contribution is 2.15. The molecule has 0 saturated carbocycles. The molecule has 0 aromatic carbocycles. The van der Waals surface area contributed by atoms with Crippen LogP contribution in [-0.4, -0.2) is 47.4 Å². The van der Waals surface area contributed by atoms with E-state index in [9.17, 15) is 19.8 Å². The summed E-state index contributed by atoms with van der Waals surface area (Å²) in [5.74, 6) is -0.0867. The Morgan fingerprint density at radius 3 is 1.42 bits per heavy atom. The van der Waals surface area contributed by atoms with E-state index in [1.807, 2.05) is 0 Å². The minimum Gasteiger partial charge on any atom is -0.466 e. The molecule has 0 bridgehead atoms. The number of rotatable bonds is 40. The van der Waals surface area contributed by atoms with Crippen LogP contribution in [0.4, 0.5) is 0 Å². The Bertz CT molecular complexity index is 742. The summed E-state index contributed by atoms with van der Waals surface area (Å²) in [5.41, 5.74) is 0. The molecule has 0 fully saturated rings. The second-order valence-electron chi connectivity index (χ2n) is 15.0. The number of ether oxygens (including phenoxy) is 1. The molecule has 1 amide bonds. The fraction of sp³-hybridized carbons (Fsp3) is 0.909. The van der Waals surface area contributed by atoms with Crippen LogP contribution in [0.5, 0.6) is 0 Å². The molecule has 2 atom stereocenters. The number of esters is 1. The Morgan fingerprint density at radius 2 is 0.940 bits per heavy atom. The Labute approximate surface area is 310 Å². The lowest BCUT2D eigenvalue weighted by molar-refractivity contribution is -0.143. The minimum atomic E-state index is -0.676.